The van der Waals surface area contributed by atoms with Gasteiger partial charge >= 0.3 is 0 Å². The minimum atomic E-state index is 0.318. The molecule has 1 heterocycles. The van der Waals surface area contributed by atoms with Crippen molar-refractivity contribution in [1.82, 2.24) is 9.80 Å². The average Bonchev–Trinajstić information content (AvgIpc) is 2.62. The first kappa shape index (κ1) is 18.7. The van der Waals surface area contributed by atoms with Crippen molar-refractivity contribution in [2.45, 2.75) is 77.6 Å². The van der Waals surface area contributed by atoms with Gasteiger partial charge in [-0.25, -0.2) is 0 Å². The zero-order valence-corrected chi connectivity index (χ0v) is 16.0. The van der Waals surface area contributed by atoms with Crippen molar-refractivity contribution in [3.8, 4) is 0 Å². The fraction of sp³-hybridized carbons (Fsp3) is 0.905. The molecule has 1 saturated heterocycles. The maximum absolute atomic E-state index is 12.6. The van der Waals surface area contributed by atoms with Gasteiger partial charge in [0.25, 0.3) is 0 Å². The van der Waals surface area contributed by atoms with Gasteiger partial charge in [-0.15, -0.1) is 0 Å². The highest BCUT2D eigenvalue weighted by Gasteiger charge is 2.28. The lowest BCUT2D eigenvalue weighted by molar-refractivity contribution is -0.141. The molecule has 3 fully saturated rings. The van der Waals surface area contributed by atoms with Gasteiger partial charge in [-0.2, -0.15) is 0 Å². The van der Waals surface area contributed by atoms with Crippen molar-refractivity contribution >= 4 is 11.8 Å². The Morgan fingerprint density at radius 2 is 1.24 bits per heavy atom. The summed E-state index contributed by atoms with van der Waals surface area (Å²) in [5, 5.41) is 0. The molecule has 0 aromatic carbocycles. The molecule has 25 heavy (non-hydrogen) atoms. The molecule has 4 nitrogen and oxygen atoms in total. The zero-order valence-electron chi connectivity index (χ0n) is 16.0. The maximum Gasteiger partial charge on any atom is 0.222 e. The van der Waals surface area contributed by atoms with E-state index in [-0.39, 0.29) is 0 Å². The fourth-order valence-corrected chi connectivity index (χ4v) is 5.09. The van der Waals surface area contributed by atoms with Crippen LogP contribution in [0.15, 0.2) is 0 Å². The van der Waals surface area contributed by atoms with Crippen molar-refractivity contribution in [3.05, 3.63) is 0 Å². The van der Waals surface area contributed by atoms with Crippen LogP contribution in [-0.2, 0) is 9.59 Å². The Kier molecular flexibility index (Phi) is 6.77. The maximum atomic E-state index is 12.6. The number of hydrogen-bond acceptors (Lipinski definition) is 2. The predicted octanol–water partition coefficient (Wildman–Crippen LogP) is 3.84. The Bertz CT molecular complexity index is 451. The Morgan fingerprint density at radius 1 is 0.720 bits per heavy atom. The second-order valence-electron chi connectivity index (χ2n) is 8.81. The van der Waals surface area contributed by atoms with Crippen LogP contribution >= 0.6 is 0 Å². The van der Waals surface area contributed by atoms with Gasteiger partial charge < -0.3 is 9.80 Å². The third-order valence-corrected chi connectivity index (χ3v) is 6.68. The monoisotopic (exact) mass is 348 g/mol. The molecule has 4 heteroatoms. The van der Waals surface area contributed by atoms with E-state index in [0.29, 0.717) is 23.7 Å². The van der Waals surface area contributed by atoms with Gasteiger partial charge in [0.05, 0.1) is 0 Å². The summed E-state index contributed by atoms with van der Waals surface area (Å²) in [6.07, 6.45) is 12.9. The van der Waals surface area contributed by atoms with Crippen LogP contribution in [0.2, 0.25) is 0 Å². The number of carbonyl (C=O) groups is 2. The Morgan fingerprint density at radius 3 is 1.80 bits per heavy atom. The summed E-state index contributed by atoms with van der Waals surface area (Å²) in [7, 11) is 0. The van der Waals surface area contributed by atoms with Gasteiger partial charge in [0.15, 0.2) is 0 Å². The van der Waals surface area contributed by atoms with E-state index in [1.165, 1.54) is 57.8 Å². The van der Waals surface area contributed by atoms with Crippen LogP contribution in [0.1, 0.15) is 77.6 Å². The molecule has 0 unspecified atom stereocenters. The van der Waals surface area contributed by atoms with Crippen molar-refractivity contribution in [2.24, 2.45) is 17.8 Å². The third-order valence-electron chi connectivity index (χ3n) is 6.68. The van der Waals surface area contributed by atoms with Crippen molar-refractivity contribution < 1.29 is 9.59 Å². The van der Waals surface area contributed by atoms with Crippen LogP contribution in [0.25, 0.3) is 0 Å². The summed E-state index contributed by atoms with van der Waals surface area (Å²) >= 11 is 0. The second kappa shape index (κ2) is 9.05. The van der Waals surface area contributed by atoms with Gasteiger partial charge in [-0.05, 0) is 43.4 Å². The van der Waals surface area contributed by atoms with E-state index in [1.807, 2.05) is 9.80 Å². The molecular weight excluding hydrogens is 312 g/mol. The normalized spacial score (nSPS) is 28.8. The van der Waals surface area contributed by atoms with E-state index < -0.39 is 0 Å². The van der Waals surface area contributed by atoms with Crippen molar-refractivity contribution in [3.63, 3.8) is 0 Å². The summed E-state index contributed by atoms with van der Waals surface area (Å²) < 4.78 is 0. The largest absolute Gasteiger partial charge is 0.339 e. The molecule has 0 radical (unpaired) electrons. The smallest absolute Gasteiger partial charge is 0.222 e. The lowest BCUT2D eigenvalue weighted by atomic mass is 9.80. The summed E-state index contributed by atoms with van der Waals surface area (Å²) in [6, 6.07) is 0. The Balaban J connectivity index is 1.38. The summed E-state index contributed by atoms with van der Waals surface area (Å²) in [4.78, 5) is 29.1. The van der Waals surface area contributed by atoms with Crippen molar-refractivity contribution in [1.29, 1.82) is 0 Å². The van der Waals surface area contributed by atoms with E-state index in [4.69, 9.17) is 0 Å². The average molecular weight is 349 g/mol. The molecule has 3 rings (SSSR count). The molecule has 0 aromatic heterocycles. The van der Waals surface area contributed by atoms with E-state index in [9.17, 15) is 9.59 Å². The first-order chi connectivity index (χ1) is 12.1. The summed E-state index contributed by atoms with van der Waals surface area (Å²) in [5.41, 5.74) is 0. The minimum Gasteiger partial charge on any atom is -0.339 e. The first-order valence-corrected chi connectivity index (χ1v) is 10.7. The molecule has 3 aliphatic rings. The quantitative estimate of drug-likeness (QED) is 0.774. The fourth-order valence-electron chi connectivity index (χ4n) is 5.09. The molecule has 2 amide bonds. The molecule has 1 aliphatic heterocycles. The number of amides is 2. The highest BCUT2D eigenvalue weighted by Crippen LogP contribution is 2.31. The number of carbonyl (C=O) groups excluding carboxylic acids is 2. The van der Waals surface area contributed by atoms with Gasteiger partial charge in [-0.1, -0.05) is 39.0 Å². The standard InChI is InChI=1S/C21H36N2O2/c1-17-6-5-9-19(14-17)16-21(25)23-12-10-22(11-13-23)20(24)15-18-7-3-2-4-8-18/h17-19H,2-16H2,1H3/t17-,19+/m0/s1. The van der Waals surface area contributed by atoms with E-state index in [1.54, 1.807) is 0 Å². The predicted molar refractivity (Wildman–Crippen MR) is 100 cm³/mol. The number of rotatable bonds is 4. The molecule has 2 saturated carbocycles. The van der Waals surface area contributed by atoms with Gasteiger partial charge in [0.2, 0.25) is 11.8 Å². The van der Waals surface area contributed by atoms with Crippen LogP contribution < -0.4 is 0 Å². The zero-order chi connectivity index (χ0) is 17.6. The third kappa shape index (κ3) is 5.46. The van der Waals surface area contributed by atoms with Crippen LogP contribution in [0.3, 0.4) is 0 Å². The van der Waals surface area contributed by atoms with E-state index in [0.717, 1.165) is 44.9 Å². The lowest BCUT2D eigenvalue weighted by Crippen LogP contribution is -2.51. The molecule has 0 bridgehead atoms. The number of nitrogens with zero attached hydrogens (tertiary/aromatic N) is 2. The highest BCUT2D eigenvalue weighted by molar-refractivity contribution is 5.78. The summed E-state index contributed by atoms with van der Waals surface area (Å²) in [6.45, 7) is 5.25. The van der Waals surface area contributed by atoms with Crippen LogP contribution in [0, 0.1) is 17.8 Å². The Labute approximate surface area is 153 Å². The Hall–Kier alpha value is -1.06. The van der Waals surface area contributed by atoms with E-state index >= 15 is 0 Å². The number of piperazine rings is 1. The van der Waals surface area contributed by atoms with Crippen LogP contribution in [0.5, 0.6) is 0 Å². The van der Waals surface area contributed by atoms with Crippen LogP contribution in [0.4, 0.5) is 0 Å². The highest BCUT2D eigenvalue weighted by atomic mass is 16.2. The first-order valence-electron chi connectivity index (χ1n) is 10.7. The summed E-state index contributed by atoms with van der Waals surface area (Å²) in [5.74, 6) is 2.61. The van der Waals surface area contributed by atoms with Crippen molar-refractivity contribution in [2.75, 3.05) is 26.2 Å². The molecule has 2 atom stereocenters. The lowest BCUT2D eigenvalue weighted by Gasteiger charge is -2.37. The number of hydrogen-bond donors (Lipinski definition) is 0. The minimum absolute atomic E-state index is 0.318. The van der Waals surface area contributed by atoms with Gasteiger partial charge in [0.1, 0.15) is 0 Å². The molecule has 0 spiro atoms. The van der Waals surface area contributed by atoms with Gasteiger partial charge in [-0.3, -0.25) is 9.59 Å². The molecule has 142 valence electrons. The molecule has 2 aliphatic carbocycles. The van der Waals surface area contributed by atoms with Crippen LogP contribution in [-0.4, -0.2) is 47.8 Å². The molecule has 0 aromatic rings. The second-order valence-corrected chi connectivity index (χ2v) is 8.81. The SMILES string of the molecule is C[C@H]1CCC[C@@H](CC(=O)N2CCN(C(=O)CC3CCCCC3)CC2)C1. The molecular formula is C21H36N2O2. The van der Waals surface area contributed by atoms with E-state index in [2.05, 4.69) is 6.92 Å². The molecule has 0 N–H and O–H groups in total. The van der Waals surface area contributed by atoms with Gasteiger partial charge in [0, 0.05) is 39.0 Å². The topological polar surface area (TPSA) is 40.6 Å².